The molecule has 5 nitrogen and oxygen atoms in total. The van der Waals surface area contributed by atoms with Crippen molar-refractivity contribution in [1.29, 1.82) is 0 Å². The van der Waals surface area contributed by atoms with Gasteiger partial charge in [0.25, 0.3) is 0 Å². The monoisotopic (exact) mass is 305 g/mol. The van der Waals surface area contributed by atoms with E-state index >= 15 is 0 Å². The van der Waals surface area contributed by atoms with Gasteiger partial charge < -0.3 is 5.11 Å². The first-order chi connectivity index (χ1) is 9.66. The molecule has 0 bridgehead atoms. The number of carboxylic acid groups (broad SMARTS) is 1. The highest BCUT2D eigenvalue weighted by molar-refractivity contribution is 7.99. The zero-order valence-electron chi connectivity index (χ0n) is 10.6. The maximum atomic E-state index is 10.8. The van der Waals surface area contributed by atoms with E-state index in [1.165, 1.54) is 11.8 Å². The summed E-state index contributed by atoms with van der Waals surface area (Å²) in [4.78, 5) is 19.7. The quantitative estimate of drug-likeness (QED) is 0.751. The second kappa shape index (κ2) is 5.26. The SMILES string of the molecule is Cc1ccnc2c1nc(SCC(=O)O)n2-c1ccsc1. The maximum Gasteiger partial charge on any atom is 0.313 e. The van der Waals surface area contributed by atoms with Crippen molar-refractivity contribution in [3.05, 3.63) is 34.7 Å². The first-order valence-electron chi connectivity index (χ1n) is 5.88. The highest BCUT2D eigenvalue weighted by Gasteiger charge is 2.16. The number of carbonyl (C=O) groups is 1. The topological polar surface area (TPSA) is 68.0 Å². The van der Waals surface area contributed by atoms with E-state index < -0.39 is 5.97 Å². The lowest BCUT2D eigenvalue weighted by atomic mass is 10.3. The van der Waals surface area contributed by atoms with E-state index in [9.17, 15) is 4.79 Å². The van der Waals surface area contributed by atoms with Crippen molar-refractivity contribution in [3.63, 3.8) is 0 Å². The predicted molar refractivity (Wildman–Crippen MR) is 79.8 cm³/mol. The molecule has 0 fully saturated rings. The molecule has 3 aromatic heterocycles. The van der Waals surface area contributed by atoms with Crippen molar-refractivity contribution in [3.8, 4) is 5.69 Å². The van der Waals surface area contributed by atoms with Gasteiger partial charge in [-0.25, -0.2) is 9.97 Å². The molecule has 0 unspecified atom stereocenters. The Balaban J connectivity index is 2.19. The second-order valence-corrected chi connectivity index (χ2v) is 5.92. The third kappa shape index (κ3) is 2.30. The number of pyridine rings is 1. The molecule has 0 saturated carbocycles. The molecule has 0 aromatic carbocycles. The number of fused-ring (bicyclic) bond motifs is 1. The molecule has 0 saturated heterocycles. The number of aryl methyl sites for hydroxylation is 1. The van der Waals surface area contributed by atoms with E-state index in [0.717, 1.165) is 22.4 Å². The Hall–Kier alpha value is -1.86. The van der Waals surface area contributed by atoms with Crippen LogP contribution in [0.3, 0.4) is 0 Å². The summed E-state index contributed by atoms with van der Waals surface area (Å²) in [5.74, 6) is -0.879. The third-order valence-electron chi connectivity index (χ3n) is 2.81. The lowest BCUT2D eigenvalue weighted by Crippen LogP contribution is -2.01. The molecule has 0 aliphatic rings. The molecular formula is C13H11N3O2S2. The van der Waals surface area contributed by atoms with Crippen LogP contribution < -0.4 is 0 Å². The minimum atomic E-state index is -0.858. The standard InChI is InChI=1S/C13H11N3O2S2/c1-8-2-4-14-12-11(8)15-13(20-7-10(17)18)16(12)9-3-5-19-6-9/h2-6H,7H2,1H3,(H,17,18). The molecule has 1 N–H and O–H groups in total. The predicted octanol–water partition coefficient (Wildman–Crippen LogP) is 2.97. The van der Waals surface area contributed by atoms with Gasteiger partial charge in [0, 0.05) is 11.6 Å². The summed E-state index contributed by atoms with van der Waals surface area (Å²) in [7, 11) is 0. The first kappa shape index (κ1) is 13.1. The highest BCUT2D eigenvalue weighted by atomic mass is 32.2. The number of thioether (sulfide) groups is 1. The van der Waals surface area contributed by atoms with Crippen LogP contribution >= 0.6 is 23.1 Å². The summed E-state index contributed by atoms with van der Waals surface area (Å²) in [6, 6.07) is 3.87. The second-order valence-electron chi connectivity index (χ2n) is 4.19. The first-order valence-corrected chi connectivity index (χ1v) is 7.81. The molecule has 7 heteroatoms. The van der Waals surface area contributed by atoms with Gasteiger partial charge in [0.2, 0.25) is 0 Å². The molecule has 0 amide bonds. The molecule has 20 heavy (non-hydrogen) atoms. The zero-order chi connectivity index (χ0) is 14.1. The van der Waals surface area contributed by atoms with Gasteiger partial charge in [-0.3, -0.25) is 9.36 Å². The molecule has 0 radical (unpaired) electrons. The summed E-state index contributed by atoms with van der Waals surface area (Å²) < 4.78 is 1.91. The molecule has 3 aromatic rings. The van der Waals surface area contributed by atoms with Crippen LogP contribution in [0.1, 0.15) is 5.56 Å². The largest absolute Gasteiger partial charge is 0.481 e. The van der Waals surface area contributed by atoms with Gasteiger partial charge in [0.15, 0.2) is 10.8 Å². The number of aromatic nitrogens is 3. The molecule has 0 aliphatic carbocycles. The molecule has 3 heterocycles. The van der Waals surface area contributed by atoms with Gasteiger partial charge in [-0.1, -0.05) is 11.8 Å². The van der Waals surface area contributed by atoms with Gasteiger partial charge in [-0.2, -0.15) is 11.3 Å². The van der Waals surface area contributed by atoms with Crippen LogP contribution in [0.15, 0.2) is 34.2 Å². The van der Waals surface area contributed by atoms with E-state index in [0.29, 0.717) is 5.16 Å². The fraction of sp³-hybridized carbons (Fsp3) is 0.154. The Morgan fingerprint density at radius 2 is 2.35 bits per heavy atom. The summed E-state index contributed by atoms with van der Waals surface area (Å²) in [6.07, 6.45) is 1.74. The summed E-state index contributed by atoms with van der Waals surface area (Å²) in [6.45, 7) is 1.97. The summed E-state index contributed by atoms with van der Waals surface area (Å²) in [5.41, 5.74) is 3.56. The fourth-order valence-corrected chi connectivity index (χ4v) is 3.26. The number of thiophene rings is 1. The fourth-order valence-electron chi connectivity index (χ4n) is 1.91. The van der Waals surface area contributed by atoms with Gasteiger partial charge in [0.05, 0.1) is 11.4 Å². The number of imidazole rings is 1. The highest BCUT2D eigenvalue weighted by Crippen LogP contribution is 2.29. The van der Waals surface area contributed by atoms with Crippen LogP contribution in [0.5, 0.6) is 0 Å². The molecular weight excluding hydrogens is 294 g/mol. The van der Waals surface area contributed by atoms with Crippen molar-refractivity contribution >= 4 is 40.2 Å². The molecule has 3 rings (SSSR count). The zero-order valence-corrected chi connectivity index (χ0v) is 12.2. The van der Waals surface area contributed by atoms with Crippen molar-refractivity contribution in [2.75, 3.05) is 5.75 Å². The Kier molecular flexibility index (Phi) is 3.45. The van der Waals surface area contributed by atoms with Crippen LogP contribution in [0, 0.1) is 6.92 Å². The lowest BCUT2D eigenvalue weighted by Gasteiger charge is -2.04. The van der Waals surface area contributed by atoms with Gasteiger partial charge in [-0.05, 0) is 30.0 Å². The average molecular weight is 305 g/mol. The van der Waals surface area contributed by atoms with Gasteiger partial charge in [0.1, 0.15) is 5.52 Å². The van der Waals surface area contributed by atoms with E-state index in [2.05, 4.69) is 9.97 Å². The Labute approximate surface area is 123 Å². The summed E-state index contributed by atoms with van der Waals surface area (Å²) in [5, 5.41) is 13.5. The van der Waals surface area contributed by atoms with Crippen molar-refractivity contribution in [2.24, 2.45) is 0 Å². The Morgan fingerprint density at radius 3 is 3.05 bits per heavy atom. The molecule has 102 valence electrons. The van der Waals surface area contributed by atoms with Crippen molar-refractivity contribution in [2.45, 2.75) is 12.1 Å². The molecule has 0 aliphatic heterocycles. The molecule has 0 atom stereocenters. The normalized spacial score (nSPS) is 11.1. The summed E-state index contributed by atoms with van der Waals surface area (Å²) >= 11 is 2.79. The smallest absolute Gasteiger partial charge is 0.313 e. The van der Waals surface area contributed by atoms with E-state index in [4.69, 9.17) is 5.11 Å². The number of hydrogen-bond acceptors (Lipinski definition) is 5. The number of rotatable bonds is 4. The van der Waals surface area contributed by atoms with Gasteiger partial charge >= 0.3 is 5.97 Å². The van der Waals surface area contributed by atoms with Crippen LogP contribution in [0.2, 0.25) is 0 Å². The Bertz CT molecular complexity index is 765. The third-order valence-corrected chi connectivity index (χ3v) is 4.40. The minimum absolute atomic E-state index is 0.0213. The number of aliphatic carboxylic acids is 1. The van der Waals surface area contributed by atoms with Crippen LogP contribution in [-0.4, -0.2) is 31.4 Å². The van der Waals surface area contributed by atoms with Crippen molar-refractivity contribution < 1.29 is 9.90 Å². The van der Waals surface area contributed by atoms with Crippen molar-refractivity contribution in [1.82, 2.24) is 14.5 Å². The van der Waals surface area contributed by atoms with Crippen LogP contribution in [-0.2, 0) is 4.79 Å². The van der Waals surface area contributed by atoms with E-state index in [-0.39, 0.29) is 5.75 Å². The number of hydrogen-bond donors (Lipinski definition) is 1. The number of nitrogens with zero attached hydrogens (tertiary/aromatic N) is 3. The van der Waals surface area contributed by atoms with Crippen LogP contribution in [0.25, 0.3) is 16.9 Å². The minimum Gasteiger partial charge on any atom is -0.481 e. The Morgan fingerprint density at radius 1 is 1.50 bits per heavy atom. The molecule has 0 spiro atoms. The van der Waals surface area contributed by atoms with Gasteiger partial charge in [-0.15, -0.1) is 0 Å². The maximum absolute atomic E-state index is 10.8. The van der Waals surface area contributed by atoms with E-state index in [1.807, 2.05) is 34.4 Å². The van der Waals surface area contributed by atoms with E-state index in [1.54, 1.807) is 17.5 Å². The average Bonchev–Trinajstić information content (AvgIpc) is 3.03. The lowest BCUT2D eigenvalue weighted by molar-refractivity contribution is -0.133. The number of carboxylic acids is 1. The van der Waals surface area contributed by atoms with Crippen LogP contribution in [0.4, 0.5) is 0 Å².